The lowest BCUT2D eigenvalue weighted by Gasteiger charge is -2.36. The molecule has 4 rings (SSSR count). The maximum atomic E-state index is 5.86. The van der Waals surface area contributed by atoms with Crippen molar-refractivity contribution in [1.29, 1.82) is 0 Å². The van der Waals surface area contributed by atoms with Crippen molar-refractivity contribution in [2.24, 2.45) is 5.92 Å². The van der Waals surface area contributed by atoms with Gasteiger partial charge in [-0.1, -0.05) is 24.3 Å². The Bertz CT molecular complexity index is 644. The number of hydrogen-bond donors (Lipinski definition) is 1. The van der Waals surface area contributed by atoms with Crippen molar-refractivity contribution in [2.75, 3.05) is 31.2 Å². The number of ether oxygens (including phenoxy) is 1. The Morgan fingerprint density at radius 1 is 1.12 bits per heavy atom. The van der Waals surface area contributed by atoms with E-state index in [0.717, 1.165) is 19.6 Å². The molecular weight excluding hydrogens is 310 g/mol. The van der Waals surface area contributed by atoms with Crippen LogP contribution in [-0.2, 0) is 4.74 Å². The summed E-state index contributed by atoms with van der Waals surface area (Å²) in [5, 5.41) is 2.25. The lowest BCUT2D eigenvalue weighted by molar-refractivity contribution is -0.0687. The Morgan fingerprint density at radius 2 is 1.88 bits per heavy atom. The molecule has 0 radical (unpaired) electrons. The molecule has 2 heterocycles. The van der Waals surface area contributed by atoms with Crippen LogP contribution in [0.15, 0.2) is 53.8 Å². The van der Waals surface area contributed by atoms with Gasteiger partial charge in [-0.3, -0.25) is 9.91 Å². The number of nitrogens with one attached hydrogen (secondary N) is 1. The summed E-state index contributed by atoms with van der Waals surface area (Å²) in [5.41, 5.74) is 7.71. The number of para-hydroxylation sites is 1. The Hall–Kier alpha value is -1.62. The van der Waals surface area contributed by atoms with Crippen molar-refractivity contribution in [3.8, 4) is 0 Å². The van der Waals surface area contributed by atoms with Crippen LogP contribution in [0.1, 0.15) is 26.7 Å². The molecule has 1 aromatic carbocycles. The first-order chi connectivity index (χ1) is 12.2. The highest BCUT2D eigenvalue weighted by Crippen LogP contribution is 2.35. The van der Waals surface area contributed by atoms with Gasteiger partial charge in [0, 0.05) is 19.6 Å². The van der Waals surface area contributed by atoms with Crippen molar-refractivity contribution < 1.29 is 4.74 Å². The number of hydrogen-bond acceptors (Lipinski definition) is 4. The van der Waals surface area contributed by atoms with Crippen LogP contribution in [0, 0.1) is 5.92 Å². The second-order valence-corrected chi connectivity index (χ2v) is 7.56. The van der Waals surface area contributed by atoms with Crippen LogP contribution in [0.25, 0.3) is 0 Å². The molecule has 2 aliphatic heterocycles. The van der Waals surface area contributed by atoms with E-state index in [9.17, 15) is 0 Å². The Balaban J connectivity index is 1.43. The Labute approximate surface area is 151 Å². The van der Waals surface area contributed by atoms with Crippen LogP contribution >= 0.6 is 0 Å². The highest BCUT2D eigenvalue weighted by Gasteiger charge is 2.30. The summed E-state index contributed by atoms with van der Waals surface area (Å²) in [6.45, 7) is 8.63. The number of nitrogens with zero attached hydrogens (tertiary/aromatic N) is 2. The average Bonchev–Trinajstić information content (AvgIpc) is 3.04. The maximum absolute atomic E-state index is 5.86. The highest BCUT2D eigenvalue weighted by atomic mass is 16.5. The van der Waals surface area contributed by atoms with Gasteiger partial charge in [-0.15, -0.1) is 0 Å². The quantitative estimate of drug-likeness (QED) is 0.910. The van der Waals surface area contributed by atoms with Gasteiger partial charge in [0.05, 0.1) is 23.6 Å². The number of allylic oxidation sites excluding steroid dienone is 2. The van der Waals surface area contributed by atoms with Gasteiger partial charge in [0.2, 0.25) is 0 Å². The fourth-order valence-electron chi connectivity index (χ4n) is 4.41. The fourth-order valence-corrected chi connectivity index (χ4v) is 4.41. The zero-order chi connectivity index (χ0) is 17.2. The molecule has 25 heavy (non-hydrogen) atoms. The van der Waals surface area contributed by atoms with Gasteiger partial charge in [-0.25, -0.2) is 5.43 Å². The van der Waals surface area contributed by atoms with Gasteiger partial charge < -0.3 is 4.74 Å². The van der Waals surface area contributed by atoms with E-state index < -0.39 is 0 Å². The minimum atomic E-state index is 0.353. The van der Waals surface area contributed by atoms with Crippen molar-refractivity contribution >= 4 is 5.69 Å². The van der Waals surface area contributed by atoms with Gasteiger partial charge in [-0.2, -0.15) is 0 Å². The monoisotopic (exact) mass is 339 g/mol. The molecule has 3 aliphatic rings. The molecule has 0 spiro atoms. The Kier molecular flexibility index (Phi) is 4.93. The van der Waals surface area contributed by atoms with Crippen molar-refractivity contribution in [2.45, 2.75) is 38.9 Å². The van der Waals surface area contributed by atoms with Crippen LogP contribution in [0.2, 0.25) is 0 Å². The summed E-state index contributed by atoms with van der Waals surface area (Å²) in [6.07, 6.45) is 7.73. The molecule has 1 saturated heterocycles. The molecule has 3 atom stereocenters. The third kappa shape index (κ3) is 3.66. The molecule has 1 aromatic rings. The van der Waals surface area contributed by atoms with Crippen LogP contribution < -0.4 is 10.4 Å². The fraction of sp³-hybridized carbons (Fsp3) is 0.524. The number of hydrazine groups is 1. The summed E-state index contributed by atoms with van der Waals surface area (Å²) in [7, 11) is 0. The predicted octanol–water partition coefficient (Wildman–Crippen LogP) is 3.34. The SMILES string of the molecule is CC1CN(CCC2CC=CC3=C2CNN3c2ccccc2)CC(C)O1. The molecule has 1 fully saturated rings. The first-order valence-corrected chi connectivity index (χ1v) is 9.57. The molecule has 0 aromatic heterocycles. The number of morpholine rings is 1. The normalized spacial score (nSPS) is 30.0. The molecule has 0 bridgehead atoms. The predicted molar refractivity (Wildman–Crippen MR) is 102 cm³/mol. The highest BCUT2D eigenvalue weighted by molar-refractivity contribution is 5.58. The van der Waals surface area contributed by atoms with E-state index in [1.807, 2.05) is 0 Å². The van der Waals surface area contributed by atoms with E-state index in [4.69, 9.17) is 4.74 Å². The minimum Gasteiger partial charge on any atom is -0.373 e. The van der Waals surface area contributed by atoms with E-state index in [0.29, 0.717) is 18.1 Å². The van der Waals surface area contributed by atoms with Crippen molar-refractivity contribution in [3.05, 3.63) is 53.8 Å². The van der Waals surface area contributed by atoms with Crippen LogP contribution in [0.4, 0.5) is 5.69 Å². The first kappa shape index (κ1) is 16.8. The molecule has 3 unspecified atom stereocenters. The van der Waals surface area contributed by atoms with Gasteiger partial charge in [0.15, 0.2) is 0 Å². The zero-order valence-corrected chi connectivity index (χ0v) is 15.3. The van der Waals surface area contributed by atoms with E-state index in [2.05, 4.69) is 71.7 Å². The molecule has 4 heteroatoms. The number of benzene rings is 1. The molecule has 1 aliphatic carbocycles. The lowest BCUT2D eigenvalue weighted by atomic mass is 9.87. The lowest BCUT2D eigenvalue weighted by Crippen LogP contribution is -2.46. The third-order valence-corrected chi connectivity index (χ3v) is 5.49. The summed E-state index contributed by atoms with van der Waals surface area (Å²) in [5.74, 6) is 0.648. The van der Waals surface area contributed by atoms with E-state index >= 15 is 0 Å². The second kappa shape index (κ2) is 7.32. The second-order valence-electron chi connectivity index (χ2n) is 7.56. The number of anilines is 1. The molecule has 4 nitrogen and oxygen atoms in total. The molecular formula is C21H29N3O. The van der Waals surface area contributed by atoms with E-state index in [1.165, 1.54) is 30.8 Å². The standard InChI is InChI=1S/C21H29N3O/c1-16-14-23(15-17(2)25-16)12-11-18-7-6-10-21-20(18)13-22-24(21)19-8-4-3-5-9-19/h3-6,8-10,16-18,22H,7,11-15H2,1-2H3. The van der Waals surface area contributed by atoms with E-state index in [1.54, 1.807) is 5.57 Å². The molecule has 0 amide bonds. The van der Waals surface area contributed by atoms with Gasteiger partial charge in [0.25, 0.3) is 0 Å². The third-order valence-electron chi connectivity index (χ3n) is 5.49. The van der Waals surface area contributed by atoms with Crippen LogP contribution in [-0.4, -0.2) is 43.3 Å². The van der Waals surface area contributed by atoms with Gasteiger partial charge in [-0.05, 0) is 62.9 Å². The van der Waals surface area contributed by atoms with E-state index in [-0.39, 0.29) is 0 Å². The summed E-state index contributed by atoms with van der Waals surface area (Å²) in [6, 6.07) is 10.6. The van der Waals surface area contributed by atoms with Crippen molar-refractivity contribution in [3.63, 3.8) is 0 Å². The largest absolute Gasteiger partial charge is 0.373 e. The first-order valence-electron chi connectivity index (χ1n) is 9.57. The average molecular weight is 339 g/mol. The molecule has 1 N–H and O–H groups in total. The topological polar surface area (TPSA) is 27.7 Å². The number of rotatable bonds is 4. The summed E-state index contributed by atoms with van der Waals surface area (Å²) >= 11 is 0. The minimum absolute atomic E-state index is 0.353. The van der Waals surface area contributed by atoms with Crippen LogP contribution in [0.5, 0.6) is 0 Å². The van der Waals surface area contributed by atoms with Crippen LogP contribution in [0.3, 0.4) is 0 Å². The summed E-state index contributed by atoms with van der Waals surface area (Å²) < 4.78 is 5.86. The smallest absolute Gasteiger partial charge is 0.0678 e. The van der Waals surface area contributed by atoms with Gasteiger partial charge in [0.1, 0.15) is 0 Å². The van der Waals surface area contributed by atoms with Crippen molar-refractivity contribution in [1.82, 2.24) is 10.3 Å². The Morgan fingerprint density at radius 3 is 2.64 bits per heavy atom. The molecule has 0 saturated carbocycles. The summed E-state index contributed by atoms with van der Waals surface area (Å²) in [4.78, 5) is 2.58. The zero-order valence-electron chi connectivity index (χ0n) is 15.3. The maximum Gasteiger partial charge on any atom is 0.0678 e. The van der Waals surface area contributed by atoms with Gasteiger partial charge >= 0.3 is 0 Å². The molecule has 134 valence electrons.